The Morgan fingerprint density at radius 3 is 2.11 bits per heavy atom. The monoisotopic (exact) mass is 255 g/mol. The predicted molar refractivity (Wildman–Crippen MR) is 84.2 cm³/mol. The second-order valence-electron chi connectivity index (χ2n) is 6.16. The molecule has 0 aliphatic carbocycles. The molecular formula is C17H37N. The fourth-order valence-corrected chi connectivity index (χ4v) is 3.80. The third kappa shape index (κ3) is 4.26. The summed E-state index contributed by atoms with van der Waals surface area (Å²) in [5, 5.41) is 0. The lowest BCUT2D eigenvalue weighted by atomic mass is 9.70. The summed E-state index contributed by atoms with van der Waals surface area (Å²) in [7, 11) is 0. The minimum atomic E-state index is 0.593. The third-order valence-corrected chi connectivity index (χ3v) is 4.32. The molecule has 1 atom stereocenters. The van der Waals surface area contributed by atoms with Crippen molar-refractivity contribution in [2.24, 2.45) is 5.41 Å². The standard InChI is InChI=1S/C13H25N.2C2H6/c1-4-6-13-7-5-9-14(13)10-8-12(2,3)11-13;2*1-2/h4-11H2,1-3H3;2*1-2H3. The van der Waals surface area contributed by atoms with Gasteiger partial charge in [0.25, 0.3) is 0 Å². The van der Waals surface area contributed by atoms with Crippen LogP contribution < -0.4 is 0 Å². The summed E-state index contributed by atoms with van der Waals surface area (Å²) < 4.78 is 0. The highest BCUT2D eigenvalue weighted by molar-refractivity contribution is 5.02. The van der Waals surface area contributed by atoms with E-state index < -0.39 is 0 Å². The first-order chi connectivity index (χ1) is 8.58. The molecular weight excluding hydrogens is 218 g/mol. The highest BCUT2D eigenvalue weighted by Gasteiger charge is 2.46. The van der Waals surface area contributed by atoms with Gasteiger partial charge >= 0.3 is 0 Å². The number of rotatable bonds is 2. The van der Waals surface area contributed by atoms with Crippen LogP contribution in [0.3, 0.4) is 0 Å². The molecule has 2 aliphatic rings. The topological polar surface area (TPSA) is 3.24 Å². The first kappa shape index (κ1) is 18.0. The van der Waals surface area contributed by atoms with Gasteiger partial charge in [0.05, 0.1) is 0 Å². The molecule has 18 heavy (non-hydrogen) atoms. The maximum absolute atomic E-state index is 2.79. The fraction of sp³-hybridized carbons (Fsp3) is 1.00. The van der Waals surface area contributed by atoms with Crippen molar-refractivity contribution in [2.45, 2.75) is 92.5 Å². The van der Waals surface area contributed by atoms with Crippen molar-refractivity contribution in [3.8, 4) is 0 Å². The van der Waals surface area contributed by atoms with E-state index in [0.717, 1.165) is 0 Å². The van der Waals surface area contributed by atoms with Crippen LogP contribution in [-0.2, 0) is 0 Å². The lowest BCUT2D eigenvalue weighted by molar-refractivity contribution is 0.0145. The molecule has 0 bridgehead atoms. The van der Waals surface area contributed by atoms with Crippen LogP contribution in [0.5, 0.6) is 0 Å². The van der Waals surface area contributed by atoms with Crippen molar-refractivity contribution < 1.29 is 0 Å². The van der Waals surface area contributed by atoms with E-state index in [-0.39, 0.29) is 0 Å². The summed E-state index contributed by atoms with van der Waals surface area (Å²) in [6, 6.07) is 0. The van der Waals surface area contributed by atoms with Crippen molar-refractivity contribution in [2.75, 3.05) is 13.1 Å². The van der Waals surface area contributed by atoms with E-state index in [1.54, 1.807) is 0 Å². The van der Waals surface area contributed by atoms with E-state index in [1.165, 1.54) is 51.6 Å². The average molecular weight is 255 g/mol. The quantitative estimate of drug-likeness (QED) is 0.630. The Balaban J connectivity index is 0.000000659. The van der Waals surface area contributed by atoms with E-state index in [0.29, 0.717) is 11.0 Å². The molecule has 0 aromatic heterocycles. The molecule has 2 heterocycles. The van der Waals surface area contributed by atoms with Gasteiger partial charge in [-0.05, 0) is 50.6 Å². The lowest BCUT2D eigenvalue weighted by Crippen LogP contribution is -2.52. The first-order valence-electron chi connectivity index (χ1n) is 8.33. The van der Waals surface area contributed by atoms with Gasteiger partial charge in [0, 0.05) is 5.54 Å². The molecule has 1 heteroatoms. The molecule has 2 rings (SSSR count). The van der Waals surface area contributed by atoms with Crippen molar-refractivity contribution in [1.82, 2.24) is 4.90 Å². The maximum atomic E-state index is 2.79. The highest BCUT2D eigenvalue weighted by atomic mass is 15.2. The van der Waals surface area contributed by atoms with Gasteiger partial charge in [0.15, 0.2) is 0 Å². The van der Waals surface area contributed by atoms with Crippen molar-refractivity contribution in [3.05, 3.63) is 0 Å². The van der Waals surface area contributed by atoms with E-state index in [1.807, 2.05) is 27.7 Å². The SMILES string of the molecule is CC.CC.CCCC12CCCN1CCC(C)(C)C2. The molecule has 2 fully saturated rings. The second-order valence-corrected chi connectivity index (χ2v) is 6.16. The Bertz CT molecular complexity index is 210. The lowest BCUT2D eigenvalue weighted by Gasteiger charge is -2.49. The zero-order chi connectivity index (χ0) is 14.2. The molecule has 0 radical (unpaired) electrons. The highest BCUT2D eigenvalue weighted by Crippen LogP contribution is 2.47. The van der Waals surface area contributed by atoms with Gasteiger partial charge in [-0.3, -0.25) is 4.90 Å². The summed E-state index contributed by atoms with van der Waals surface area (Å²) >= 11 is 0. The number of piperidine rings is 1. The molecule has 1 unspecified atom stereocenters. The molecule has 0 aromatic carbocycles. The molecule has 2 saturated heterocycles. The number of fused-ring (bicyclic) bond motifs is 1. The summed E-state index contributed by atoms with van der Waals surface area (Å²) in [6.45, 7) is 18.0. The van der Waals surface area contributed by atoms with Crippen molar-refractivity contribution in [3.63, 3.8) is 0 Å². The molecule has 0 amide bonds. The molecule has 1 nitrogen and oxygen atoms in total. The molecule has 110 valence electrons. The number of nitrogens with zero attached hydrogens (tertiary/aromatic N) is 1. The van der Waals surface area contributed by atoms with Gasteiger partial charge in [0.1, 0.15) is 0 Å². The molecule has 0 spiro atoms. The van der Waals surface area contributed by atoms with E-state index in [9.17, 15) is 0 Å². The average Bonchev–Trinajstić information content (AvgIpc) is 2.75. The minimum Gasteiger partial charge on any atom is -0.298 e. The Labute approximate surface area is 116 Å². The van der Waals surface area contributed by atoms with Gasteiger partial charge in [-0.25, -0.2) is 0 Å². The molecule has 2 aliphatic heterocycles. The van der Waals surface area contributed by atoms with Crippen molar-refractivity contribution in [1.29, 1.82) is 0 Å². The van der Waals surface area contributed by atoms with Gasteiger partial charge in [0.2, 0.25) is 0 Å². The van der Waals surface area contributed by atoms with Gasteiger partial charge in [-0.15, -0.1) is 0 Å². The van der Waals surface area contributed by atoms with Gasteiger partial charge in [-0.2, -0.15) is 0 Å². The summed E-state index contributed by atoms with van der Waals surface area (Å²) in [4.78, 5) is 2.79. The third-order valence-electron chi connectivity index (χ3n) is 4.32. The van der Waals surface area contributed by atoms with Crippen molar-refractivity contribution >= 4 is 0 Å². The van der Waals surface area contributed by atoms with E-state index >= 15 is 0 Å². The van der Waals surface area contributed by atoms with Crippen LogP contribution in [0.2, 0.25) is 0 Å². The normalized spacial score (nSPS) is 29.5. The maximum Gasteiger partial charge on any atom is 0.0215 e. The van der Waals surface area contributed by atoms with Crippen LogP contribution in [0.25, 0.3) is 0 Å². The second kappa shape index (κ2) is 8.19. The Hall–Kier alpha value is -0.0400. The molecule has 0 N–H and O–H groups in total. The fourth-order valence-electron chi connectivity index (χ4n) is 3.80. The first-order valence-corrected chi connectivity index (χ1v) is 8.33. The van der Waals surface area contributed by atoms with E-state index in [2.05, 4.69) is 25.7 Å². The largest absolute Gasteiger partial charge is 0.298 e. The van der Waals surface area contributed by atoms with Crippen LogP contribution in [0, 0.1) is 5.41 Å². The van der Waals surface area contributed by atoms with Crippen LogP contribution in [0.15, 0.2) is 0 Å². The summed E-state index contributed by atoms with van der Waals surface area (Å²) in [5.41, 5.74) is 1.20. The summed E-state index contributed by atoms with van der Waals surface area (Å²) in [6.07, 6.45) is 8.52. The zero-order valence-corrected chi connectivity index (χ0v) is 14.1. The Morgan fingerprint density at radius 1 is 0.944 bits per heavy atom. The smallest absolute Gasteiger partial charge is 0.0215 e. The van der Waals surface area contributed by atoms with Crippen LogP contribution in [0.4, 0.5) is 0 Å². The molecule has 0 aromatic rings. The van der Waals surface area contributed by atoms with Crippen LogP contribution in [0.1, 0.15) is 87.0 Å². The number of hydrogen-bond acceptors (Lipinski definition) is 1. The van der Waals surface area contributed by atoms with E-state index in [4.69, 9.17) is 0 Å². The van der Waals surface area contributed by atoms with Gasteiger partial charge in [-0.1, -0.05) is 54.9 Å². The predicted octanol–water partition coefficient (Wildman–Crippen LogP) is 5.49. The van der Waals surface area contributed by atoms with Gasteiger partial charge < -0.3 is 0 Å². The van der Waals surface area contributed by atoms with Crippen LogP contribution in [-0.4, -0.2) is 23.5 Å². The summed E-state index contributed by atoms with van der Waals surface area (Å²) in [5.74, 6) is 0. The Morgan fingerprint density at radius 2 is 1.56 bits per heavy atom. The Kier molecular flexibility index (Phi) is 8.18. The number of hydrogen-bond donors (Lipinski definition) is 0. The zero-order valence-electron chi connectivity index (χ0n) is 14.1. The van der Waals surface area contributed by atoms with Crippen LogP contribution >= 0.6 is 0 Å². The minimum absolute atomic E-state index is 0.593. The molecule has 0 saturated carbocycles.